The highest BCUT2D eigenvalue weighted by molar-refractivity contribution is 7.10. The molecule has 1 amide bonds. The molecule has 1 aromatic heterocycles. The molecule has 1 unspecified atom stereocenters. The van der Waals surface area contributed by atoms with Crippen LogP contribution in [0.1, 0.15) is 63.7 Å². The summed E-state index contributed by atoms with van der Waals surface area (Å²) in [6.07, 6.45) is 8.62. The summed E-state index contributed by atoms with van der Waals surface area (Å²) in [6, 6.07) is 3.23. The van der Waals surface area contributed by atoms with Crippen LogP contribution in [0.4, 0.5) is 0 Å². The van der Waals surface area contributed by atoms with E-state index in [1.165, 1.54) is 43.4 Å². The molecular weight excluding hydrogens is 310 g/mol. The lowest BCUT2D eigenvalue weighted by atomic mass is 10.1. The molecule has 0 aliphatic heterocycles. The zero-order valence-corrected chi connectivity index (χ0v) is 15.1. The molecule has 0 spiro atoms. The molecule has 0 aliphatic carbocycles. The molecule has 0 saturated carbocycles. The second-order valence-electron chi connectivity index (χ2n) is 5.83. The summed E-state index contributed by atoms with van der Waals surface area (Å²) in [5, 5.41) is 4.62. The van der Waals surface area contributed by atoms with E-state index in [2.05, 4.69) is 12.2 Å². The number of esters is 1. The molecule has 0 aromatic carbocycles. The van der Waals surface area contributed by atoms with Crippen LogP contribution in [-0.4, -0.2) is 24.5 Å². The number of hydrogen-bond acceptors (Lipinski definition) is 4. The second kappa shape index (κ2) is 12.1. The average molecular weight is 340 g/mol. The highest BCUT2D eigenvalue weighted by atomic mass is 32.1. The molecule has 4 nitrogen and oxygen atoms in total. The van der Waals surface area contributed by atoms with Crippen LogP contribution < -0.4 is 5.32 Å². The smallest absolute Gasteiger partial charge is 0.328 e. The molecular formula is C18H29NO3S. The van der Waals surface area contributed by atoms with Crippen molar-refractivity contribution in [1.29, 1.82) is 0 Å². The fraction of sp³-hybridized carbons (Fsp3) is 0.667. The Kier molecular flexibility index (Phi) is 10.4. The average Bonchev–Trinajstić information content (AvgIpc) is 3.02. The molecule has 23 heavy (non-hydrogen) atoms. The van der Waals surface area contributed by atoms with Gasteiger partial charge >= 0.3 is 5.97 Å². The molecule has 0 aliphatic rings. The van der Waals surface area contributed by atoms with Gasteiger partial charge in [-0.25, -0.2) is 4.79 Å². The molecule has 0 bridgehead atoms. The minimum atomic E-state index is -0.591. The summed E-state index contributed by atoms with van der Waals surface area (Å²) in [5.74, 6) is -0.497. The maximum Gasteiger partial charge on any atom is 0.328 e. The lowest BCUT2D eigenvalue weighted by Crippen LogP contribution is -2.40. The Labute approximate surface area is 143 Å². The molecule has 1 heterocycles. The van der Waals surface area contributed by atoms with Gasteiger partial charge in [-0.1, -0.05) is 51.5 Å². The standard InChI is InChI=1S/C18H29NO3S/c1-3-4-5-6-7-8-9-12-22-18(21)15(2)19-17(20)14-16-11-10-13-23-16/h10-11,13,15H,3-9,12,14H2,1-2H3,(H,19,20). The predicted molar refractivity (Wildman–Crippen MR) is 94.6 cm³/mol. The van der Waals surface area contributed by atoms with Crippen molar-refractivity contribution in [2.24, 2.45) is 0 Å². The molecule has 1 rings (SSSR count). The third kappa shape index (κ3) is 9.39. The molecule has 130 valence electrons. The van der Waals surface area contributed by atoms with Crippen LogP contribution in [0.5, 0.6) is 0 Å². The largest absolute Gasteiger partial charge is 0.464 e. The van der Waals surface area contributed by atoms with Crippen LogP contribution in [0.3, 0.4) is 0 Å². The first-order valence-electron chi connectivity index (χ1n) is 8.62. The highest BCUT2D eigenvalue weighted by Crippen LogP contribution is 2.09. The predicted octanol–water partition coefficient (Wildman–Crippen LogP) is 4.09. The number of hydrogen-bond donors (Lipinski definition) is 1. The quantitative estimate of drug-likeness (QED) is 0.461. The SMILES string of the molecule is CCCCCCCCCOC(=O)C(C)NC(=O)Cc1cccs1. The minimum absolute atomic E-state index is 0.146. The lowest BCUT2D eigenvalue weighted by molar-refractivity contribution is -0.147. The lowest BCUT2D eigenvalue weighted by Gasteiger charge is -2.13. The van der Waals surface area contributed by atoms with Gasteiger partial charge in [-0.2, -0.15) is 0 Å². The summed E-state index contributed by atoms with van der Waals surface area (Å²) >= 11 is 1.54. The van der Waals surface area contributed by atoms with Crippen LogP contribution >= 0.6 is 11.3 Å². The van der Waals surface area contributed by atoms with Crippen molar-refractivity contribution in [3.63, 3.8) is 0 Å². The van der Waals surface area contributed by atoms with Gasteiger partial charge in [0.25, 0.3) is 0 Å². The van der Waals surface area contributed by atoms with Gasteiger partial charge in [0.15, 0.2) is 0 Å². The Bertz CT molecular complexity index is 445. The van der Waals surface area contributed by atoms with Crippen LogP contribution in [0.15, 0.2) is 17.5 Å². The van der Waals surface area contributed by atoms with Gasteiger partial charge in [-0.15, -0.1) is 11.3 Å². The maximum atomic E-state index is 11.8. The molecule has 0 saturated heterocycles. The van der Waals surface area contributed by atoms with Gasteiger partial charge in [0, 0.05) is 4.88 Å². The second-order valence-corrected chi connectivity index (χ2v) is 6.87. The van der Waals surface area contributed by atoms with Crippen molar-refractivity contribution in [3.05, 3.63) is 22.4 Å². The topological polar surface area (TPSA) is 55.4 Å². The normalized spacial score (nSPS) is 11.9. The number of rotatable bonds is 12. The van der Waals surface area contributed by atoms with Crippen molar-refractivity contribution in [2.45, 2.75) is 71.3 Å². The van der Waals surface area contributed by atoms with Gasteiger partial charge in [-0.3, -0.25) is 4.79 Å². The van der Waals surface area contributed by atoms with E-state index in [9.17, 15) is 9.59 Å². The zero-order valence-electron chi connectivity index (χ0n) is 14.3. The summed E-state index contributed by atoms with van der Waals surface area (Å²) in [7, 11) is 0. The summed E-state index contributed by atoms with van der Waals surface area (Å²) < 4.78 is 5.22. The number of ether oxygens (including phenoxy) is 1. The summed E-state index contributed by atoms with van der Waals surface area (Å²) in [5.41, 5.74) is 0. The fourth-order valence-electron chi connectivity index (χ4n) is 2.28. The van der Waals surface area contributed by atoms with E-state index in [0.717, 1.165) is 17.7 Å². The van der Waals surface area contributed by atoms with E-state index >= 15 is 0 Å². The minimum Gasteiger partial charge on any atom is -0.464 e. The Balaban J connectivity index is 2.06. The number of nitrogens with one attached hydrogen (secondary N) is 1. The van der Waals surface area contributed by atoms with Crippen LogP contribution in [0.2, 0.25) is 0 Å². The Morgan fingerprint density at radius 1 is 1.17 bits per heavy atom. The fourth-order valence-corrected chi connectivity index (χ4v) is 2.98. The van der Waals surface area contributed by atoms with Gasteiger partial charge < -0.3 is 10.1 Å². The third-order valence-corrected chi connectivity index (χ3v) is 4.51. The van der Waals surface area contributed by atoms with Crippen LogP contribution in [0.25, 0.3) is 0 Å². The maximum absolute atomic E-state index is 11.8. The molecule has 0 radical (unpaired) electrons. The first-order chi connectivity index (χ1) is 11.1. The molecule has 1 aromatic rings. The third-order valence-electron chi connectivity index (χ3n) is 3.64. The van der Waals surface area contributed by atoms with Crippen molar-refractivity contribution in [1.82, 2.24) is 5.32 Å². The number of carbonyl (C=O) groups is 2. The zero-order chi connectivity index (χ0) is 16.9. The van der Waals surface area contributed by atoms with Crippen LogP contribution in [0, 0.1) is 0 Å². The Morgan fingerprint density at radius 2 is 1.87 bits per heavy atom. The van der Waals surface area contributed by atoms with E-state index in [0.29, 0.717) is 13.0 Å². The number of thiophene rings is 1. The first-order valence-corrected chi connectivity index (χ1v) is 9.49. The summed E-state index contributed by atoms with van der Waals surface area (Å²) in [4.78, 5) is 24.6. The molecule has 5 heteroatoms. The van der Waals surface area contributed by atoms with Gasteiger partial charge in [-0.05, 0) is 24.8 Å². The monoisotopic (exact) mass is 339 g/mol. The van der Waals surface area contributed by atoms with Crippen LogP contribution in [-0.2, 0) is 20.7 Å². The van der Waals surface area contributed by atoms with Crippen molar-refractivity contribution in [3.8, 4) is 0 Å². The van der Waals surface area contributed by atoms with Crippen molar-refractivity contribution < 1.29 is 14.3 Å². The molecule has 1 atom stereocenters. The van der Waals surface area contributed by atoms with Crippen molar-refractivity contribution >= 4 is 23.2 Å². The summed E-state index contributed by atoms with van der Waals surface area (Å²) in [6.45, 7) is 4.32. The Hall–Kier alpha value is -1.36. The van der Waals surface area contributed by atoms with E-state index in [4.69, 9.17) is 4.74 Å². The van der Waals surface area contributed by atoms with E-state index < -0.39 is 6.04 Å². The number of amides is 1. The number of unbranched alkanes of at least 4 members (excludes halogenated alkanes) is 6. The molecule has 1 N–H and O–H groups in total. The highest BCUT2D eigenvalue weighted by Gasteiger charge is 2.17. The first kappa shape index (κ1) is 19.7. The van der Waals surface area contributed by atoms with Gasteiger partial charge in [0.05, 0.1) is 13.0 Å². The molecule has 0 fully saturated rings. The van der Waals surface area contributed by atoms with E-state index in [-0.39, 0.29) is 11.9 Å². The van der Waals surface area contributed by atoms with E-state index in [1.54, 1.807) is 6.92 Å². The van der Waals surface area contributed by atoms with Gasteiger partial charge in [0.2, 0.25) is 5.91 Å². The Morgan fingerprint density at radius 3 is 2.52 bits per heavy atom. The van der Waals surface area contributed by atoms with Crippen molar-refractivity contribution in [2.75, 3.05) is 6.61 Å². The number of carbonyl (C=O) groups excluding carboxylic acids is 2. The van der Waals surface area contributed by atoms with E-state index in [1.807, 2.05) is 17.5 Å². The van der Waals surface area contributed by atoms with Gasteiger partial charge in [0.1, 0.15) is 6.04 Å².